The molecule has 0 aromatic rings. The van der Waals surface area contributed by atoms with Gasteiger partial charge in [-0.1, -0.05) is 19.9 Å². The molecule has 3 nitrogen and oxygen atoms in total. The summed E-state index contributed by atoms with van der Waals surface area (Å²) >= 11 is 0. The highest BCUT2D eigenvalue weighted by atomic mass is 16.3. The third-order valence-corrected chi connectivity index (χ3v) is 8.73. The first kappa shape index (κ1) is 16.8. The van der Waals surface area contributed by atoms with E-state index in [0.29, 0.717) is 23.5 Å². The molecule has 2 N–H and O–H groups in total. The molecule has 0 saturated heterocycles. The van der Waals surface area contributed by atoms with Crippen LogP contribution in [0.3, 0.4) is 0 Å². The molecule has 4 aliphatic carbocycles. The minimum Gasteiger partial charge on any atom is -0.390 e. The third-order valence-electron chi connectivity index (χ3n) is 8.73. The quantitative estimate of drug-likeness (QED) is 0.668. The van der Waals surface area contributed by atoms with Crippen LogP contribution in [0.2, 0.25) is 0 Å². The summed E-state index contributed by atoms with van der Waals surface area (Å²) in [5.74, 6) is 2.29. The summed E-state index contributed by atoms with van der Waals surface area (Å²) in [6, 6.07) is 0. The molecular weight excluding hydrogens is 300 g/mol. The molecule has 0 aromatic carbocycles. The normalized spacial score (nSPS) is 55.9. The summed E-state index contributed by atoms with van der Waals surface area (Å²) < 4.78 is 0. The van der Waals surface area contributed by atoms with Crippen molar-refractivity contribution in [1.29, 1.82) is 0 Å². The summed E-state index contributed by atoms with van der Waals surface area (Å²) in [6.07, 6.45) is 7.80. The van der Waals surface area contributed by atoms with E-state index in [4.69, 9.17) is 0 Å². The van der Waals surface area contributed by atoms with Gasteiger partial charge in [-0.3, -0.25) is 4.79 Å². The van der Waals surface area contributed by atoms with Gasteiger partial charge in [0.2, 0.25) is 0 Å². The van der Waals surface area contributed by atoms with Gasteiger partial charge < -0.3 is 10.2 Å². The van der Waals surface area contributed by atoms with E-state index < -0.39 is 12.2 Å². The Kier molecular flexibility index (Phi) is 3.78. The Hall–Kier alpha value is -0.670. The Morgan fingerprint density at radius 3 is 2.46 bits per heavy atom. The van der Waals surface area contributed by atoms with Crippen LogP contribution < -0.4 is 0 Å². The van der Waals surface area contributed by atoms with Crippen LogP contribution in [-0.4, -0.2) is 28.2 Å². The van der Waals surface area contributed by atoms with Gasteiger partial charge >= 0.3 is 0 Å². The number of hydrogen-bond donors (Lipinski definition) is 2. The number of hydrogen-bond acceptors (Lipinski definition) is 3. The number of Topliss-reactive ketones (excluding diaryl/α,β-unsaturated/α-hetero) is 1. The zero-order chi connectivity index (χ0) is 17.3. The molecule has 0 amide bonds. The monoisotopic (exact) mass is 332 g/mol. The molecule has 0 unspecified atom stereocenters. The number of aliphatic hydroxyl groups is 2. The van der Waals surface area contributed by atoms with E-state index >= 15 is 0 Å². The van der Waals surface area contributed by atoms with Crippen molar-refractivity contribution < 1.29 is 15.0 Å². The topological polar surface area (TPSA) is 57.5 Å². The highest BCUT2D eigenvalue weighted by Crippen LogP contribution is 2.66. The van der Waals surface area contributed by atoms with Crippen molar-refractivity contribution in [3.63, 3.8) is 0 Å². The highest BCUT2D eigenvalue weighted by molar-refractivity contribution is 5.99. The van der Waals surface area contributed by atoms with E-state index in [1.165, 1.54) is 0 Å². The Balaban J connectivity index is 1.67. The van der Waals surface area contributed by atoms with E-state index in [1.54, 1.807) is 0 Å². The fourth-order valence-electron chi connectivity index (χ4n) is 7.46. The van der Waals surface area contributed by atoms with Crippen LogP contribution in [0, 0.1) is 34.5 Å². The summed E-state index contributed by atoms with van der Waals surface area (Å²) in [4.78, 5) is 12.6. The maximum absolute atomic E-state index is 12.6. The van der Waals surface area contributed by atoms with Crippen molar-refractivity contribution in [1.82, 2.24) is 0 Å². The van der Waals surface area contributed by atoms with Crippen molar-refractivity contribution in [2.75, 3.05) is 0 Å². The molecule has 0 bridgehead atoms. The minimum atomic E-state index is -0.561. The third kappa shape index (κ3) is 2.00. The van der Waals surface area contributed by atoms with Crippen molar-refractivity contribution in [2.24, 2.45) is 34.5 Å². The van der Waals surface area contributed by atoms with Crippen LogP contribution in [-0.2, 0) is 4.79 Å². The van der Waals surface area contributed by atoms with Gasteiger partial charge in [0.1, 0.15) is 0 Å². The Labute approximate surface area is 145 Å². The lowest BCUT2D eigenvalue weighted by Gasteiger charge is -2.61. The zero-order valence-corrected chi connectivity index (χ0v) is 15.3. The predicted molar refractivity (Wildman–Crippen MR) is 93.3 cm³/mol. The average molecular weight is 332 g/mol. The van der Waals surface area contributed by atoms with Crippen LogP contribution in [0.4, 0.5) is 0 Å². The van der Waals surface area contributed by atoms with Crippen LogP contribution >= 0.6 is 0 Å². The number of fused-ring (bicyclic) bond motifs is 5. The summed E-state index contributed by atoms with van der Waals surface area (Å²) in [7, 11) is 0. The Bertz CT molecular complexity index is 582. The molecule has 4 saturated carbocycles. The van der Waals surface area contributed by atoms with Gasteiger partial charge in [0.25, 0.3) is 0 Å². The number of ketones is 1. The molecule has 134 valence electrons. The van der Waals surface area contributed by atoms with E-state index in [-0.39, 0.29) is 16.7 Å². The molecule has 0 aliphatic heterocycles. The van der Waals surface area contributed by atoms with Gasteiger partial charge in [0.15, 0.2) is 5.78 Å². The van der Waals surface area contributed by atoms with Crippen molar-refractivity contribution in [3.8, 4) is 0 Å². The second-order valence-electron chi connectivity index (χ2n) is 9.45. The standard InChI is InChI=1S/C21H32O3/c1-4-13-18(23)11-16-12-5-6-15-19(24)17(22)8-10-21(15,3)14(12)7-9-20(13,16)2/h4,12,14-17,19,22,24H,5-11H2,1-3H3/b13-4-/t12-,14+,15+,16+,17+,19+,20-,21-/m1/s1. The average Bonchev–Trinajstić information content (AvgIpc) is 2.81. The molecule has 0 spiro atoms. The number of carbonyl (C=O) groups is 1. The van der Waals surface area contributed by atoms with E-state index in [2.05, 4.69) is 19.9 Å². The lowest BCUT2D eigenvalue weighted by atomic mass is 9.44. The zero-order valence-electron chi connectivity index (χ0n) is 15.3. The largest absolute Gasteiger partial charge is 0.390 e. The smallest absolute Gasteiger partial charge is 0.159 e. The fourth-order valence-corrected chi connectivity index (χ4v) is 7.46. The van der Waals surface area contributed by atoms with Gasteiger partial charge in [0, 0.05) is 6.42 Å². The summed E-state index contributed by atoms with van der Waals surface area (Å²) in [5, 5.41) is 20.7. The first-order chi connectivity index (χ1) is 11.3. The molecule has 8 atom stereocenters. The van der Waals surface area contributed by atoms with E-state index in [9.17, 15) is 15.0 Å². The number of aliphatic hydroxyl groups excluding tert-OH is 2. The fraction of sp³-hybridized carbons (Fsp3) is 0.857. The van der Waals surface area contributed by atoms with Crippen LogP contribution in [0.15, 0.2) is 11.6 Å². The first-order valence-corrected chi connectivity index (χ1v) is 9.89. The lowest BCUT2D eigenvalue weighted by Crippen LogP contribution is -2.57. The Morgan fingerprint density at radius 2 is 1.75 bits per heavy atom. The summed E-state index contributed by atoms with van der Waals surface area (Å²) in [5.41, 5.74) is 1.28. The van der Waals surface area contributed by atoms with Gasteiger partial charge in [-0.2, -0.15) is 0 Å². The molecular formula is C21H32O3. The predicted octanol–water partition coefficient (Wildman–Crippen LogP) is 3.49. The maximum Gasteiger partial charge on any atom is 0.159 e. The van der Waals surface area contributed by atoms with Gasteiger partial charge in [-0.05, 0) is 85.5 Å². The van der Waals surface area contributed by atoms with Crippen LogP contribution in [0.25, 0.3) is 0 Å². The summed E-state index contributed by atoms with van der Waals surface area (Å²) in [6.45, 7) is 6.70. The number of rotatable bonds is 0. The van der Waals surface area contributed by atoms with Crippen molar-refractivity contribution >= 4 is 5.78 Å². The van der Waals surface area contributed by atoms with Gasteiger partial charge in [-0.25, -0.2) is 0 Å². The molecule has 24 heavy (non-hydrogen) atoms. The first-order valence-electron chi connectivity index (χ1n) is 9.89. The van der Waals surface area contributed by atoms with Gasteiger partial charge in [0.05, 0.1) is 12.2 Å². The molecule has 4 aliphatic rings. The molecule has 0 heterocycles. The SMILES string of the molecule is C/C=C1/C(=O)C[C@H]2[C@@H]3CC[C@H]4[C@H](O)[C@@H](O)CC[C@]4(C)[C@H]3CC[C@]12C. The highest BCUT2D eigenvalue weighted by Gasteiger charge is 2.61. The maximum atomic E-state index is 12.6. The second kappa shape index (κ2) is 5.41. The van der Waals surface area contributed by atoms with Crippen molar-refractivity contribution in [3.05, 3.63) is 11.6 Å². The minimum absolute atomic E-state index is 0.0724. The lowest BCUT2D eigenvalue weighted by molar-refractivity contribution is -0.169. The van der Waals surface area contributed by atoms with Crippen molar-refractivity contribution in [2.45, 2.75) is 77.9 Å². The second-order valence-corrected chi connectivity index (χ2v) is 9.45. The van der Waals surface area contributed by atoms with E-state index in [1.807, 2.05) is 6.92 Å². The molecule has 3 heteroatoms. The molecule has 0 radical (unpaired) electrons. The van der Waals surface area contributed by atoms with Gasteiger partial charge in [-0.15, -0.1) is 0 Å². The molecule has 4 rings (SSSR count). The molecule has 0 aromatic heterocycles. The van der Waals surface area contributed by atoms with E-state index in [0.717, 1.165) is 50.5 Å². The Morgan fingerprint density at radius 1 is 1.00 bits per heavy atom. The number of allylic oxidation sites excluding steroid dienone is 2. The number of carbonyl (C=O) groups excluding carboxylic acids is 1. The van der Waals surface area contributed by atoms with Crippen LogP contribution in [0.1, 0.15) is 65.7 Å². The van der Waals surface area contributed by atoms with Crippen LogP contribution in [0.5, 0.6) is 0 Å². The molecule has 4 fully saturated rings.